The van der Waals surface area contributed by atoms with Gasteiger partial charge in [-0.15, -0.1) is 10.2 Å². The average molecular weight is 403 g/mol. The average Bonchev–Trinajstić information content (AvgIpc) is 3.01. The van der Waals surface area contributed by atoms with E-state index in [0.717, 1.165) is 43.0 Å². The number of anilines is 1. The van der Waals surface area contributed by atoms with Gasteiger partial charge in [-0.05, 0) is 60.9 Å². The van der Waals surface area contributed by atoms with E-state index < -0.39 is 4.92 Å². The Labute approximate surface area is 173 Å². The first-order valence-corrected chi connectivity index (χ1v) is 9.86. The fourth-order valence-corrected chi connectivity index (χ4v) is 3.46. The number of carbonyl (C=O) groups excluding carboxylic acids is 1. The standard InChI is InChI=1S/C22H21N5O3/c28-21(14-7-16-5-12-19(13-6-16)27(29)30)23-18-10-8-17(9-11-18)22-25-24-20-4-2-1-3-15-26(20)22/h5-14H,1-4,15H2,(H,23,28)/b14-7+. The summed E-state index contributed by atoms with van der Waals surface area (Å²) in [7, 11) is 0. The summed E-state index contributed by atoms with van der Waals surface area (Å²) in [6, 6.07) is 13.5. The number of aromatic nitrogens is 3. The van der Waals surface area contributed by atoms with E-state index in [4.69, 9.17) is 0 Å². The zero-order valence-electron chi connectivity index (χ0n) is 16.3. The number of benzene rings is 2. The molecule has 0 fully saturated rings. The van der Waals surface area contributed by atoms with E-state index in [-0.39, 0.29) is 11.6 Å². The van der Waals surface area contributed by atoms with Gasteiger partial charge in [0.2, 0.25) is 5.91 Å². The third kappa shape index (κ3) is 4.43. The molecule has 2 aromatic carbocycles. The van der Waals surface area contributed by atoms with Crippen LogP contribution in [0.3, 0.4) is 0 Å². The minimum absolute atomic E-state index is 0.0151. The van der Waals surface area contributed by atoms with Gasteiger partial charge < -0.3 is 9.88 Å². The molecule has 1 N–H and O–H groups in total. The fraction of sp³-hybridized carbons (Fsp3) is 0.227. The van der Waals surface area contributed by atoms with Gasteiger partial charge in [-0.1, -0.05) is 6.42 Å². The second-order valence-corrected chi connectivity index (χ2v) is 7.15. The third-order valence-corrected chi connectivity index (χ3v) is 5.05. The van der Waals surface area contributed by atoms with Crippen molar-refractivity contribution in [3.63, 3.8) is 0 Å². The smallest absolute Gasteiger partial charge is 0.269 e. The molecule has 8 nitrogen and oxygen atoms in total. The van der Waals surface area contributed by atoms with Gasteiger partial charge in [-0.25, -0.2) is 0 Å². The number of carbonyl (C=O) groups is 1. The number of hydrogen-bond donors (Lipinski definition) is 1. The van der Waals surface area contributed by atoms with Crippen LogP contribution in [0.15, 0.2) is 54.6 Å². The predicted octanol–water partition coefficient (Wildman–Crippen LogP) is 4.23. The quantitative estimate of drug-likeness (QED) is 0.390. The van der Waals surface area contributed by atoms with E-state index in [9.17, 15) is 14.9 Å². The number of nitro benzene ring substituents is 1. The molecule has 1 aliphatic rings. The summed E-state index contributed by atoms with van der Waals surface area (Å²) < 4.78 is 2.19. The summed E-state index contributed by atoms with van der Waals surface area (Å²) in [5.41, 5.74) is 2.36. The van der Waals surface area contributed by atoms with Gasteiger partial charge in [0.1, 0.15) is 5.82 Å². The number of nitrogens with zero attached hydrogens (tertiary/aromatic N) is 4. The lowest BCUT2D eigenvalue weighted by Gasteiger charge is -2.08. The van der Waals surface area contributed by atoms with E-state index in [1.54, 1.807) is 18.2 Å². The van der Waals surface area contributed by atoms with E-state index in [1.807, 2.05) is 24.3 Å². The van der Waals surface area contributed by atoms with Crippen molar-refractivity contribution in [3.8, 4) is 11.4 Å². The van der Waals surface area contributed by atoms with Crippen LogP contribution in [-0.4, -0.2) is 25.6 Å². The number of amides is 1. The zero-order chi connectivity index (χ0) is 20.9. The summed E-state index contributed by atoms with van der Waals surface area (Å²) in [6.07, 6.45) is 7.46. The highest BCUT2D eigenvalue weighted by molar-refractivity contribution is 6.02. The molecule has 30 heavy (non-hydrogen) atoms. The van der Waals surface area contributed by atoms with Crippen molar-refractivity contribution in [2.75, 3.05) is 5.32 Å². The number of nitro groups is 1. The number of non-ortho nitro benzene ring substituents is 1. The molecule has 4 rings (SSSR count). The second-order valence-electron chi connectivity index (χ2n) is 7.15. The molecule has 0 saturated carbocycles. The molecule has 1 aromatic heterocycles. The van der Waals surface area contributed by atoms with Gasteiger partial charge in [0.25, 0.3) is 5.69 Å². The predicted molar refractivity (Wildman–Crippen MR) is 114 cm³/mol. The molecular weight excluding hydrogens is 382 g/mol. The van der Waals surface area contributed by atoms with Crippen molar-refractivity contribution in [1.82, 2.24) is 14.8 Å². The molecule has 3 aromatic rings. The van der Waals surface area contributed by atoms with Crippen LogP contribution in [0.2, 0.25) is 0 Å². The number of nitrogens with one attached hydrogen (secondary N) is 1. The Morgan fingerprint density at radius 3 is 2.53 bits per heavy atom. The van der Waals surface area contributed by atoms with Crippen molar-refractivity contribution in [1.29, 1.82) is 0 Å². The summed E-state index contributed by atoms with van der Waals surface area (Å²) in [4.78, 5) is 22.4. The van der Waals surface area contributed by atoms with Crippen LogP contribution in [0.25, 0.3) is 17.5 Å². The van der Waals surface area contributed by atoms with Crippen LogP contribution >= 0.6 is 0 Å². The summed E-state index contributed by atoms with van der Waals surface area (Å²) in [6.45, 7) is 0.934. The Kier molecular flexibility index (Phi) is 5.65. The number of rotatable bonds is 5. The van der Waals surface area contributed by atoms with Crippen LogP contribution < -0.4 is 5.32 Å². The maximum atomic E-state index is 12.2. The molecule has 0 unspecified atom stereocenters. The highest BCUT2D eigenvalue weighted by Gasteiger charge is 2.15. The first-order chi connectivity index (χ1) is 14.6. The molecule has 0 saturated heterocycles. The van der Waals surface area contributed by atoms with Gasteiger partial charge in [-0.2, -0.15) is 0 Å². The van der Waals surface area contributed by atoms with E-state index in [0.29, 0.717) is 11.3 Å². The summed E-state index contributed by atoms with van der Waals surface area (Å²) in [5.74, 6) is 1.62. The fourth-order valence-electron chi connectivity index (χ4n) is 3.46. The van der Waals surface area contributed by atoms with Gasteiger partial charge in [-0.3, -0.25) is 14.9 Å². The van der Waals surface area contributed by atoms with Crippen LogP contribution in [-0.2, 0) is 17.8 Å². The van der Waals surface area contributed by atoms with Crippen LogP contribution in [0, 0.1) is 10.1 Å². The second kappa shape index (κ2) is 8.69. The molecule has 152 valence electrons. The Hall–Kier alpha value is -3.81. The maximum absolute atomic E-state index is 12.2. The van der Waals surface area contributed by atoms with Crippen molar-refractivity contribution in [3.05, 3.63) is 76.1 Å². The molecule has 0 atom stereocenters. The zero-order valence-corrected chi connectivity index (χ0v) is 16.3. The maximum Gasteiger partial charge on any atom is 0.269 e. The van der Waals surface area contributed by atoms with Gasteiger partial charge in [0.15, 0.2) is 5.82 Å². The highest BCUT2D eigenvalue weighted by Crippen LogP contribution is 2.24. The molecule has 1 aliphatic heterocycles. The summed E-state index contributed by atoms with van der Waals surface area (Å²) >= 11 is 0. The Morgan fingerprint density at radius 2 is 1.80 bits per heavy atom. The number of hydrogen-bond acceptors (Lipinski definition) is 5. The lowest BCUT2D eigenvalue weighted by Crippen LogP contribution is -2.07. The molecule has 0 spiro atoms. The molecule has 0 bridgehead atoms. The van der Waals surface area contributed by atoms with Crippen LogP contribution in [0.5, 0.6) is 0 Å². The van der Waals surface area contributed by atoms with Gasteiger partial charge in [0, 0.05) is 42.4 Å². The lowest BCUT2D eigenvalue weighted by molar-refractivity contribution is -0.384. The van der Waals surface area contributed by atoms with Crippen molar-refractivity contribution >= 4 is 23.4 Å². The largest absolute Gasteiger partial charge is 0.323 e. The van der Waals surface area contributed by atoms with Gasteiger partial charge in [0.05, 0.1) is 4.92 Å². The first-order valence-electron chi connectivity index (χ1n) is 9.86. The molecule has 8 heteroatoms. The number of fused-ring (bicyclic) bond motifs is 1. The molecule has 1 amide bonds. The Bertz CT molecular complexity index is 1080. The Balaban J connectivity index is 1.40. The SMILES string of the molecule is O=C(/C=C/c1ccc([N+](=O)[O-])cc1)Nc1ccc(-c2nnc3n2CCCCC3)cc1. The monoisotopic (exact) mass is 403 g/mol. The van der Waals surface area contributed by atoms with E-state index >= 15 is 0 Å². The van der Waals surface area contributed by atoms with E-state index in [1.165, 1.54) is 24.6 Å². The Morgan fingerprint density at radius 1 is 1.03 bits per heavy atom. The first kappa shape index (κ1) is 19.5. The third-order valence-electron chi connectivity index (χ3n) is 5.05. The molecule has 0 radical (unpaired) electrons. The van der Waals surface area contributed by atoms with Crippen LogP contribution in [0.4, 0.5) is 11.4 Å². The topological polar surface area (TPSA) is 103 Å². The molecule has 2 heterocycles. The lowest BCUT2D eigenvalue weighted by atomic mass is 10.2. The van der Waals surface area contributed by atoms with Crippen molar-refractivity contribution < 1.29 is 9.72 Å². The van der Waals surface area contributed by atoms with Crippen LogP contribution in [0.1, 0.15) is 30.7 Å². The van der Waals surface area contributed by atoms with Crippen molar-refractivity contribution in [2.45, 2.75) is 32.2 Å². The van der Waals surface area contributed by atoms with E-state index in [2.05, 4.69) is 20.1 Å². The van der Waals surface area contributed by atoms with Crippen molar-refractivity contribution in [2.24, 2.45) is 0 Å². The molecule has 0 aliphatic carbocycles. The minimum atomic E-state index is -0.458. The number of aryl methyl sites for hydroxylation is 1. The normalized spacial score (nSPS) is 13.6. The minimum Gasteiger partial charge on any atom is -0.323 e. The van der Waals surface area contributed by atoms with Gasteiger partial charge >= 0.3 is 0 Å². The molecular formula is C22H21N5O3. The summed E-state index contributed by atoms with van der Waals surface area (Å²) in [5, 5.41) is 22.2. The highest BCUT2D eigenvalue weighted by atomic mass is 16.6.